The Morgan fingerprint density at radius 2 is 2.00 bits per heavy atom. The summed E-state index contributed by atoms with van der Waals surface area (Å²) in [7, 11) is 0. The highest BCUT2D eigenvalue weighted by Gasteiger charge is 2.11. The Labute approximate surface area is 162 Å². The average molecular weight is 382 g/mol. The molecular weight excluding hydrogens is 360 g/mol. The quantitative estimate of drug-likeness (QED) is 0.366. The van der Waals surface area contributed by atoms with Gasteiger partial charge in [-0.1, -0.05) is 36.0 Å². The molecule has 0 aliphatic rings. The van der Waals surface area contributed by atoms with Crippen LogP contribution in [-0.2, 0) is 11.3 Å². The van der Waals surface area contributed by atoms with Crippen molar-refractivity contribution in [3.05, 3.63) is 54.1 Å². The van der Waals surface area contributed by atoms with Crippen LogP contribution in [0.15, 0.2) is 58.8 Å². The van der Waals surface area contributed by atoms with E-state index in [-0.39, 0.29) is 11.7 Å². The van der Waals surface area contributed by atoms with Gasteiger partial charge in [-0.3, -0.25) is 4.79 Å². The van der Waals surface area contributed by atoms with Crippen molar-refractivity contribution in [3.8, 4) is 5.75 Å². The molecule has 0 fully saturated rings. The first-order valence-corrected chi connectivity index (χ1v) is 9.83. The molecule has 0 unspecified atom stereocenters. The molecule has 3 aromatic rings. The molecule has 1 amide bonds. The van der Waals surface area contributed by atoms with Crippen molar-refractivity contribution in [2.75, 3.05) is 12.4 Å². The summed E-state index contributed by atoms with van der Waals surface area (Å²) in [6, 6.07) is 15.5. The van der Waals surface area contributed by atoms with Gasteiger partial charge in [-0.2, -0.15) is 5.10 Å². The minimum Gasteiger partial charge on any atom is -0.493 e. The monoisotopic (exact) mass is 382 g/mol. The van der Waals surface area contributed by atoms with Crippen LogP contribution in [0.25, 0.3) is 11.0 Å². The number of rotatable bonds is 8. The summed E-state index contributed by atoms with van der Waals surface area (Å²) in [6.45, 7) is 5.37. The molecule has 3 rings (SSSR count). The standard InChI is InChI=1S/C20H22N4O2S/c1-3-24-17-11-7-6-10-16(17)22-20(24)27-14-19(25)23-21-13-15-9-5-8-12-18(15)26-4-2/h5-13H,3-4,14H2,1-2H3,(H,23,25)/b21-13-. The number of hydrogen-bond acceptors (Lipinski definition) is 5. The Morgan fingerprint density at radius 1 is 1.22 bits per heavy atom. The molecule has 1 aromatic heterocycles. The first kappa shape index (κ1) is 19.0. The molecule has 6 nitrogen and oxygen atoms in total. The van der Waals surface area contributed by atoms with Gasteiger partial charge < -0.3 is 9.30 Å². The van der Waals surface area contributed by atoms with Crippen LogP contribution in [-0.4, -0.2) is 34.0 Å². The lowest BCUT2D eigenvalue weighted by molar-refractivity contribution is -0.118. The number of carbonyl (C=O) groups is 1. The van der Waals surface area contributed by atoms with Gasteiger partial charge in [0, 0.05) is 12.1 Å². The fraction of sp³-hybridized carbons (Fsp3) is 0.250. The lowest BCUT2D eigenvalue weighted by Crippen LogP contribution is -2.20. The lowest BCUT2D eigenvalue weighted by Gasteiger charge is -2.06. The number of amides is 1. The maximum absolute atomic E-state index is 12.1. The Kier molecular flexibility index (Phi) is 6.49. The molecule has 0 spiro atoms. The Balaban J connectivity index is 1.59. The maximum atomic E-state index is 12.1. The minimum absolute atomic E-state index is 0.181. The second kappa shape index (κ2) is 9.23. The number of hydrogen-bond donors (Lipinski definition) is 1. The molecule has 0 radical (unpaired) electrons. The molecule has 27 heavy (non-hydrogen) atoms. The first-order chi connectivity index (χ1) is 13.2. The molecule has 140 valence electrons. The smallest absolute Gasteiger partial charge is 0.250 e. The van der Waals surface area contributed by atoms with Crippen LogP contribution in [0.2, 0.25) is 0 Å². The normalized spacial score (nSPS) is 11.2. The summed E-state index contributed by atoms with van der Waals surface area (Å²) in [5.41, 5.74) is 5.39. The van der Waals surface area contributed by atoms with E-state index in [1.54, 1.807) is 6.21 Å². The summed E-state index contributed by atoms with van der Waals surface area (Å²) in [6.07, 6.45) is 1.59. The predicted molar refractivity (Wildman–Crippen MR) is 109 cm³/mol. The van der Waals surface area contributed by atoms with Crippen molar-refractivity contribution in [3.63, 3.8) is 0 Å². The van der Waals surface area contributed by atoms with Crippen LogP contribution in [0.1, 0.15) is 19.4 Å². The number of aryl methyl sites for hydroxylation is 1. The van der Waals surface area contributed by atoms with Crippen LogP contribution in [0.5, 0.6) is 5.75 Å². The summed E-state index contributed by atoms with van der Waals surface area (Å²) < 4.78 is 7.64. The molecule has 0 saturated carbocycles. The van der Waals surface area contributed by atoms with E-state index in [1.165, 1.54) is 11.8 Å². The van der Waals surface area contributed by atoms with E-state index in [0.29, 0.717) is 6.61 Å². The fourth-order valence-corrected chi connectivity index (χ4v) is 3.55. The maximum Gasteiger partial charge on any atom is 0.250 e. The topological polar surface area (TPSA) is 68.5 Å². The van der Waals surface area contributed by atoms with E-state index in [2.05, 4.69) is 27.0 Å². The van der Waals surface area contributed by atoms with Gasteiger partial charge in [0.25, 0.3) is 5.91 Å². The Morgan fingerprint density at radius 3 is 2.81 bits per heavy atom. The van der Waals surface area contributed by atoms with Crippen molar-refractivity contribution in [1.29, 1.82) is 0 Å². The number of fused-ring (bicyclic) bond motifs is 1. The number of nitrogens with zero attached hydrogens (tertiary/aromatic N) is 3. The van der Waals surface area contributed by atoms with Crippen LogP contribution in [0.3, 0.4) is 0 Å². The van der Waals surface area contributed by atoms with E-state index in [9.17, 15) is 4.79 Å². The van der Waals surface area contributed by atoms with Crippen LogP contribution in [0, 0.1) is 0 Å². The Bertz CT molecular complexity index is 952. The third-order valence-corrected chi connectivity index (χ3v) is 4.86. The number of aromatic nitrogens is 2. The highest BCUT2D eigenvalue weighted by Crippen LogP contribution is 2.23. The molecule has 0 saturated heterocycles. The van der Waals surface area contributed by atoms with E-state index in [1.807, 2.05) is 55.5 Å². The molecule has 0 atom stereocenters. The molecule has 2 aromatic carbocycles. The van der Waals surface area contributed by atoms with Crippen molar-refractivity contribution in [2.24, 2.45) is 5.10 Å². The zero-order valence-electron chi connectivity index (χ0n) is 15.4. The summed E-state index contributed by atoms with van der Waals surface area (Å²) in [5, 5.41) is 4.87. The molecule has 1 N–H and O–H groups in total. The number of carbonyl (C=O) groups excluding carboxylic acids is 1. The zero-order valence-corrected chi connectivity index (χ0v) is 16.2. The van der Waals surface area contributed by atoms with Gasteiger partial charge in [0.15, 0.2) is 5.16 Å². The first-order valence-electron chi connectivity index (χ1n) is 8.84. The largest absolute Gasteiger partial charge is 0.493 e. The molecule has 1 heterocycles. The number of hydrazone groups is 1. The highest BCUT2D eigenvalue weighted by atomic mass is 32.2. The number of benzene rings is 2. The van der Waals surface area contributed by atoms with Crippen molar-refractivity contribution >= 4 is 34.9 Å². The molecule has 0 aliphatic carbocycles. The average Bonchev–Trinajstić information content (AvgIpc) is 3.05. The zero-order chi connectivity index (χ0) is 19.1. The van der Waals surface area contributed by atoms with Crippen molar-refractivity contribution in [2.45, 2.75) is 25.5 Å². The van der Waals surface area contributed by atoms with Gasteiger partial charge in [-0.15, -0.1) is 0 Å². The Hall–Kier alpha value is -2.80. The third-order valence-electron chi connectivity index (χ3n) is 3.88. The molecule has 0 bridgehead atoms. The summed E-state index contributed by atoms with van der Waals surface area (Å²) >= 11 is 1.40. The minimum atomic E-state index is -0.181. The number of imidazole rings is 1. The van der Waals surface area contributed by atoms with E-state index >= 15 is 0 Å². The molecular formula is C20H22N4O2S. The number of nitrogens with one attached hydrogen (secondary N) is 1. The number of thioether (sulfide) groups is 1. The predicted octanol–water partition coefficient (Wildman–Crippen LogP) is 3.70. The second-order valence-electron chi connectivity index (χ2n) is 5.68. The van der Waals surface area contributed by atoms with Crippen LogP contribution in [0.4, 0.5) is 0 Å². The van der Waals surface area contributed by atoms with Gasteiger partial charge in [-0.25, -0.2) is 10.4 Å². The summed E-state index contributed by atoms with van der Waals surface area (Å²) in [4.78, 5) is 16.7. The van der Waals surface area contributed by atoms with Crippen molar-refractivity contribution in [1.82, 2.24) is 15.0 Å². The van der Waals surface area contributed by atoms with Gasteiger partial charge in [-0.05, 0) is 38.1 Å². The van der Waals surface area contributed by atoms with E-state index < -0.39 is 0 Å². The van der Waals surface area contributed by atoms with Gasteiger partial charge >= 0.3 is 0 Å². The SMILES string of the molecule is CCOc1ccccc1/C=N\NC(=O)CSc1nc2ccccc2n1CC. The van der Waals surface area contributed by atoms with Crippen LogP contribution >= 0.6 is 11.8 Å². The number of para-hydroxylation sites is 3. The number of ether oxygens (including phenoxy) is 1. The summed E-state index contributed by atoms with van der Waals surface area (Å²) in [5.74, 6) is 0.803. The van der Waals surface area contributed by atoms with Gasteiger partial charge in [0.2, 0.25) is 0 Å². The second-order valence-corrected chi connectivity index (χ2v) is 6.62. The highest BCUT2D eigenvalue weighted by molar-refractivity contribution is 7.99. The van der Waals surface area contributed by atoms with Crippen LogP contribution < -0.4 is 10.2 Å². The van der Waals surface area contributed by atoms with Gasteiger partial charge in [0.1, 0.15) is 5.75 Å². The fourth-order valence-electron chi connectivity index (χ4n) is 2.68. The van der Waals surface area contributed by atoms with E-state index in [4.69, 9.17) is 4.74 Å². The third kappa shape index (κ3) is 4.68. The molecule has 0 aliphatic heterocycles. The van der Waals surface area contributed by atoms with E-state index in [0.717, 1.165) is 34.0 Å². The van der Waals surface area contributed by atoms with Crippen molar-refractivity contribution < 1.29 is 9.53 Å². The lowest BCUT2D eigenvalue weighted by atomic mass is 10.2. The van der Waals surface area contributed by atoms with Gasteiger partial charge in [0.05, 0.1) is 29.6 Å². The molecule has 7 heteroatoms.